The number of rotatable bonds is 4. The summed E-state index contributed by atoms with van der Waals surface area (Å²) < 4.78 is 16.5. The number of esters is 1. The highest BCUT2D eigenvalue weighted by molar-refractivity contribution is 5.72. The van der Waals surface area contributed by atoms with Gasteiger partial charge >= 0.3 is 5.97 Å². The summed E-state index contributed by atoms with van der Waals surface area (Å²) in [6.07, 6.45) is 2.07. The second kappa shape index (κ2) is 6.57. The number of nitrogens with zero attached hydrogens (tertiary/aromatic N) is 1. The van der Waals surface area contributed by atoms with Gasteiger partial charge in [-0.1, -0.05) is 6.07 Å². The van der Waals surface area contributed by atoms with Crippen LogP contribution in [-0.4, -0.2) is 43.3 Å². The number of hydrogen-bond donors (Lipinski definition) is 0. The van der Waals surface area contributed by atoms with Crippen molar-refractivity contribution < 1.29 is 19.0 Å². The summed E-state index contributed by atoms with van der Waals surface area (Å²) >= 11 is 0. The van der Waals surface area contributed by atoms with Gasteiger partial charge in [0.1, 0.15) is 13.2 Å². The molecule has 2 aliphatic rings. The van der Waals surface area contributed by atoms with Gasteiger partial charge in [-0.25, -0.2) is 0 Å². The highest BCUT2D eigenvalue weighted by Crippen LogP contribution is 2.37. The molecule has 0 amide bonds. The van der Waals surface area contributed by atoms with Gasteiger partial charge in [-0.05, 0) is 50.9 Å². The maximum Gasteiger partial charge on any atom is 0.320 e. The van der Waals surface area contributed by atoms with E-state index in [4.69, 9.17) is 14.2 Å². The van der Waals surface area contributed by atoms with E-state index in [1.165, 1.54) is 5.56 Å². The Morgan fingerprint density at radius 2 is 2.09 bits per heavy atom. The van der Waals surface area contributed by atoms with E-state index < -0.39 is 0 Å². The molecule has 0 aliphatic carbocycles. The third kappa shape index (κ3) is 3.35. The Balaban J connectivity index is 1.71. The van der Waals surface area contributed by atoms with Gasteiger partial charge in [0.15, 0.2) is 11.5 Å². The van der Waals surface area contributed by atoms with Crippen LogP contribution in [0.25, 0.3) is 0 Å². The van der Waals surface area contributed by atoms with Crippen molar-refractivity contribution in [2.45, 2.75) is 38.8 Å². The van der Waals surface area contributed by atoms with Crippen LogP contribution >= 0.6 is 0 Å². The fourth-order valence-electron chi connectivity index (χ4n) is 3.13. The van der Waals surface area contributed by atoms with Crippen molar-refractivity contribution in [3.8, 4) is 11.5 Å². The molecular formula is C17H23NO4. The number of benzene rings is 1. The minimum absolute atomic E-state index is 0.0668. The first kappa shape index (κ1) is 15.2. The van der Waals surface area contributed by atoms with Crippen LogP contribution in [0.1, 0.15) is 38.3 Å². The summed E-state index contributed by atoms with van der Waals surface area (Å²) in [5.41, 5.74) is 1.18. The van der Waals surface area contributed by atoms with Gasteiger partial charge in [-0.3, -0.25) is 9.69 Å². The lowest BCUT2D eigenvalue weighted by atomic mass is 10.0. The zero-order chi connectivity index (χ0) is 15.5. The number of carbonyl (C=O) groups is 1. The molecule has 5 heteroatoms. The van der Waals surface area contributed by atoms with E-state index in [1.54, 1.807) is 0 Å². The molecule has 1 aromatic carbocycles. The largest absolute Gasteiger partial charge is 0.486 e. The van der Waals surface area contributed by atoms with Crippen molar-refractivity contribution in [3.63, 3.8) is 0 Å². The van der Waals surface area contributed by atoms with Crippen molar-refractivity contribution in [1.29, 1.82) is 0 Å². The maximum atomic E-state index is 11.9. The molecule has 0 spiro atoms. The minimum atomic E-state index is -0.153. The maximum absolute atomic E-state index is 11.9. The van der Waals surface area contributed by atoms with Gasteiger partial charge in [-0.2, -0.15) is 0 Å². The van der Waals surface area contributed by atoms with Crippen LogP contribution in [0.2, 0.25) is 0 Å². The lowest BCUT2D eigenvalue weighted by molar-refractivity contribution is -0.148. The average molecular weight is 305 g/mol. The molecule has 120 valence electrons. The van der Waals surface area contributed by atoms with E-state index in [1.807, 2.05) is 26.0 Å². The topological polar surface area (TPSA) is 48.0 Å². The Kier molecular flexibility index (Phi) is 4.52. The molecule has 3 rings (SSSR count). The van der Waals surface area contributed by atoms with E-state index in [0.29, 0.717) is 19.8 Å². The smallest absolute Gasteiger partial charge is 0.320 e. The molecule has 0 aromatic heterocycles. The molecule has 1 unspecified atom stereocenters. The van der Waals surface area contributed by atoms with Crippen LogP contribution in [0.15, 0.2) is 18.2 Å². The van der Waals surface area contributed by atoms with Gasteiger partial charge < -0.3 is 14.2 Å². The fourth-order valence-corrected chi connectivity index (χ4v) is 3.13. The Morgan fingerprint density at radius 1 is 1.32 bits per heavy atom. The minimum Gasteiger partial charge on any atom is -0.486 e. The molecule has 0 bridgehead atoms. The van der Waals surface area contributed by atoms with E-state index >= 15 is 0 Å². The highest BCUT2D eigenvalue weighted by Gasteiger charge is 2.29. The van der Waals surface area contributed by atoms with Crippen molar-refractivity contribution in [3.05, 3.63) is 23.8 Å². The molecule has 1 saturated heterocycles. The van der Waals surface area contributed by atoms with E-state index in [-0.39, 0.29) is 18.1 Å². The average Bonchev–Trinajstić information content (AvgIpc) is 2.94. The quantitative estimate of drug-likeness (QED) is 0.800. The van der Waals surface area contributed by atoms with Crippen molar-refractivity contribution in [2.24, 2.45) is 0 Å². The first-order chi connectivity index (χ1) is 10.6. The lowest BCUT2D eigenvalue weighted by Crippen LogP contribution is -2.31. The second-order valence-corrected chi connectivity index (χ2v) is 6.07. The second-order valence-electron chi connectivity index (χ2n) is 6.07. The van der Waals surface area contributed by atoms with E-state index in [2.05, 4.69) is 11.0 Å². The van der Waals surface area contributed by atoms with Gasteiger partial charge in [-0.15, -0.1) is 0 Å². The van der Waals surface area contributed by atoms with Crippen LogP contribution in [-0.2, 0) is 9.53 Å². The van der Waals surface area contributed by atoms with Gasteiger partial charge in [0.05, 0.1) is 12.6 Å². The molecule has 1 aromatic rings. The summed E-state index contributed by atoms with van der Waals surface area (Å²) in [5, 5.41) is 0. The summed E-state index contributed by atoms with van der Waals surface area (Å²) in [6.45, 7) is 6.21. The molecule has 1 atom stereocenters. The normalized spacial score (nSPS) is 21.1. The number of carbonyl (C=O) groups excluding carboxylic acids is 1. The van der Waals surface area contributed by atoms with Crippen LogP contribution in [0.3, 0.4) is 0 Å². The van der Waals surface area contributed by atoms with Crippen LogP contribution in [0.4, 0.5) is 0 Å². The van der Waals surface area contributed by atoms with Crippen molar-refractivity contribution in [1.82, 2.24) is 4.90 Å². The standard InChI is InChI=1S/C17H23NO4/c1-12(2)22-17(19)11-18-7-3-4-14(18)13-5-6-15-16(10-13)21-9-8-20-15/h5-6,10,12,14H,3-4,7-9,11H2,1-2H3. The Morgan fingerprint density at radius 3 is 2.86 bits per heavy atom. The summed E-state index contributed by atoms with van der Waals surface area (Å²) in [7, 11) is 0. The first-order valence-corrected chi connectivity index (χ1v) is 7.96. The number of likely N-dealkylation sites (tertiary alicyclic amines) is 1. The lowest BCUT2D eigenvalue weighted by Gasteiger charge is -2.26. The highest BCUT2D eigenvalue weighted by atomic mass is 16.6. The SMILES string of the molecule is CC(C)OC(=O)CN1CCCC1c1ccc2c(c1)OCCO2. The van der Waals surface area contributed by atoms with E-state index in [0.717, 1.165) is 30.9 Å². The molecular weight excluding hydrogens is 282 g/mol. The molecule has 2 heterocycles. The Hall–Kier alpha value is -1.75. The zero-order valence-electron chi connectivity index (χ0n) is 13.2. The Bertz CT molecular complexity index is 543. The first-order valence-electron chi connectivity index (χ1n) is 7.96. The molecule has 2 aliphatic heterocycles. The molecule has 22 heavy (non-hydrogen) atoms. The van der Waals surface area contributed by atoms with Gasteiger partial charge in [0.25, 0.3) is 0 Å². The van der Waals surface area contributed by atoms with Gasteiger partial charge in [0.2, 0.25) is 0 Å². The number of hydrogen-bond acceptors (Lipinski definition) is 5. The van der Waals surface area contributed by atoms with Crippen LogP contribution in [0, 0.1) is 0 Å². The van der Waals surface area contributed by atoms with Crippen LogP contribution in [0.5, 0.6) is 11.5 Å². The van der Waals surface area contributed by atoms with Crippen LogP contribution < -0.4 is 9.47 Å². The summed E-state index contributed by atoms with van der Waals surface area (Å²) in [4.78, 5) is 14.1. The number of fused-ring (bicyclic) bond motifs is 1. The fraction of sp³-hybridized carbons (Fsp3) is 0.588. The molecule has 0 saturated carbocycles. The molecule has 5 nitrogen and oxygen atoms in total. The third-order valence-electron chi connectivity index (χ3n) is 4.01. The third-order valence-corrected chi connectivity index (χ3v) is 4.01. The monoisotopic (exact) mass is 305 g/mol. The Labute approximate surface area is 131 Å². The molecule has 1 fully saturated rings. The zero-order valence-corrected chi connectivity index (χ0v) is 13.2. The predicted molar refractivity (Wildman–Crippen MR) is 82.2 cm³/mol. The van der Waals surface area contributed by atoms with E-state index in [9.17, 15) is 4.79 Å². The van der Waals surface area contributed by atoms with Crippen molar-refractivity contribution in [2.75, 3.05) is 26.3 Å². The summed E-state index contributed by atoms with van der Waals surface area (Å²) in [6, 6.07) is 6.33. The molecule has 0 radical (unpaired) electrons. The molecule has 0 N–H and O–H groups in total. The van der Waals surface area contributed by atoms with Gasteiger partial charge in [0, 0.05) is 6.04 Å². The summed E-state index contributed by atoms with van der Waals surface area (Å²) in [5.74, 6) is 1.46. The predicted octanol–water partition coefficient (Wildman–Crippen LogP) is 2.55. The van der Waals surface area contributed by atoms with Crippen molar-refractivity contribution >= 4 is 5.97 Å². The number of ether oxygens (including phenoxy) is 3.